The van der Waals surface area contributed by atoms with Gasteiger partial charge in [-0.05, 0) is 12.1 Å². The van der Waals surface area contributed by atoms with Crippen LogP contribution in [0.1, 0.15) is 11.1 Å². The maximum absolute atomic E-state index is 5.43. The zero-order chi connectivity index (χ0) is 23.2. The summed E-state index contributed by atoms with van der Waals surface area (Å²) in [5.74, 6) is 1.90. The van der Waals surface area contributed by atoms with Crippen LogP contribution in [0.3, 0.4) is 0 Å². The summed E-state index contributed by atoms with van der Waals surface area (Å²) in [4.78, 5) is 0. The van der Waals surface area contributed by atoms with Crippen LogP contribution in [0, 0.1) is 13.8 Å². The summed E-state index contributed by atoms with van der Waals surface area (Å²) in [7, 11) is 9.78. The first-order valence-electron chi connectivity index (χ1n) is 10.5. The number of fused-ring (bicyclic) bond motifs is 2. The number of hydrogen-bond donors (Lipinski definition) is 0. The molecule has 0 radical (unpaired) electrons. The Kier molecular flexibility index (Phi) is 7.95. The van der Waals surface area contributed by atoms with Crippen LogP contribution >= 0.6 is 18.6 Å². The van der Waals surface area contributed by atoms with Gasteiger partial charge in [-0.2, -0.15) is 0 Å². The molecule has 0 atom stereocenters. The zero-order valence-electron chi connectivity index (χ0n) is 18.3. The van der Waals surface area contributed by atoms with Crippen LogP contribution in [0.15, 0.2) is 106 Å². The SMILES string of the molecule is C[c-]1c(-c2ccco2)cc2ccccc21.C[c-]1c(-c2ccco2)cc2ccccc21.[Cl][Ti][Cl]. The van der Waals surface area contributed by atoms with Gasteiger partial charge in [0.25, 0.3) is 0 Å². The van der Waals surface area contributed by atoms with E-state index < -0.39 is 17.0 Å². The molecule has 0 N–H and O–H groups in total. The van der Waals surface area contributed by atoms with Gasteiger partial charge in [-0.25, -0.2) is 0 Å². The van der Waals surface area contributed by atoms with Crippen LogP contribution in [0.2, 0.25) is 0 Å². The summed E-state index contributed by atoms with van der Waals surface area (Å²) < 4.78 is 10.9. The Labute approximate surface area is 210 Å². The van der Waals surface area contributed by atoms with Crippen LogP contribution in [-0.4, -0.2) is 0 Å². The van der Waals surface area contributed by atoms with E-state index in [1.54, 1.807) is 12.5 Å². The van der Waals surface area contributed by atoms with Crippen molar-refractivity contribution in [3.8, 4) is 22.6 Å². The van der Waals surface area contributed by atoms with Crippen molar-refractivity contribution in [2.24, 2.45) is 0 Å². The molecular formula is C28H22Cl2O2Ti-2. The molecule has 0 aliphatic rings. The van der Waals surface area contributed by atoms with E-state index in [4.69, 9.17) is 27.4 Å². The predicted molar refractivity (Wildman–Crippen MR) is 136 cm³/mol. The van der Waals surface area contributed by atoms with E-state index in [0.717, 1.165) is 11.5 Å². The molecule has 2 heterocycles. The number of halogens is 2. The number of rotatable bonds is 2. The molecule has 2 aromatic heterocycles. The molecule has 6 aromatic rings. The molecule has 0 aliphatic carbocycles. The average Bonchev–Trinajstić information content (AvgIpc) is 3.63. The molecule has 4 aromatic carbocycles. The van der Waals surface area contributed by atoms with Gasteiger partial charge >= 0.3 is 35.6 Å². The molecule has 5 heteroatoms. The van der Waals surface area contributed by atoms with Crippen molar-refractivity contribution in [1.29, 1.82) is 0 Å². The Morgan fingerprint density at radius 1 is 0.606 bits per heavy atom. The van der Waals surface area contributed by atoms with Crippen LogP contribution in [0.25, 0.3) is 44.2 Å². The first kappa shape index (κ1) is 23.7. The standard InChI is InChI=1S/2C14H11O.2ClH.Ti/c2*1-10-12-6-3-2-5-11(12)9-13(10)14-7-4-8-15-14;;;/h2*2-9H,1H3;2*1H;/q2*-1;;;+2/p-2. The first-order valence-corrected chi connectivity index (χ1v) is 14.8. The Hall–Kier alpha value is -2.49. The number of hydrogen-bond acceptors (Lipinski definition) is 2. The molecule has 0 bridgehead atoms. The summed E-state index contributed by atoms with van der Waals surface area (Å²) >= 11 is -0.556. The van der Waals surface area contributed by atoms with Crippen LogP contribution in [-0.2, 0) is 17.0 Å². The van der Waals surface area contributed by atoms with Gasteiger partial charge < -0.3 is 8.83 Å². The minimum atomic E-state index is -0.556. The topological polar surface area (TPSA) is 26.3 Å². The van der Waals surface area contributed by atoms with Crippen molar-refractivity contribution in [2.75, 3.05) is 0 Å². The molecule has 0 fully saturated rings. The van der Waals surface area contributed by atoms with E-state index in [2.05, 4.69) is 74.5 Å². The fourth-order valence-corrected chi connectivity index (χ4v) is 4.12. The molecule has 0 saturated carbocycles. The molecule has 166 valence electrons. The predicted octanol–water partition coefficient (Wildman–Crippen LogP) is 9.63. The molecule has 0 aliphatic heterocycles. The van der Waals surface area contributed by atoms with Gasteiger partial charge in [0.1, 0.15) is 0 Å². The normalized spacial score (nSPS) is 10.4. The van der Waals surface area contributed by atoms with Crippen LogP contribution < -0.4 is 0 Å². The second-order valence-corrected chi connectivity index (χ2v) is 10.1. The van der Waals surface area contributed by atoms with Gasteiger partial charge in [0.2, 0.25) is 0 Å². The monoisotopic (exact) mass is 508 g/mol. The van der Waals surface area contributed by atoms with E-state index in [1.807, 2.05) is 24.3 Å². The molecule has 2 nitrogen and oxygen atoms in total. The van der Waals surface area contributed by atoms with Gasteiger partial charge in [-0.15, -0.1) is 56.9 Å². The van der Waals surface area contributed by atoms with E-state index in [0.29, 0.717) is 0 Å². The molecule has 33 heavy (non-hydrogen) atoms. The minimum absolute atomic E-state index is 0.556. The van der Waals surface area contributed by atoms with E-state index in [-0.39, 0.29) is 0 Å². The van der Waals surface area contributed by atoms with Gasteiger partial charge in [0.05, 0.1) is 24.0 Å². The average molecular weight is 509 g/mol. The van der Waals surface area contributed by atoms with Crippen molar-refractivity contribution in [2.45, 2.75) is 13.8 Å². The van der Waals surface area contributed by atoms with Crippen molar-refractivity contribution in [1.82, 2.24) is 0 Å². The third-order valence-corrected chi connectivity index (χ3v) is 5.71. The van der Waals surface area contributed by atoms with Crippen molar-refractivity contribution >= 4 is 40.2 Å². The Morgan fingerprint density at radius 3 is 1.33 bits per heavy atom. The number of furan rings is 2. The Balaban J connectivity index is 0.000000141. The van der Waals surface area contributed by atoms with Crippen LogP contribution in [0.5, 0.6) is 0 Å². The molecule has 0 amide bonds. The summed E-state index contributed by atoms with van der Waals surface area (Å²) in [6, 6.07) is 29.1. The second kappa shape index (κ2) is 11.1. The molecular weight excluding hydrogens is 487 g/mol. The summed E-state index contributed by atoms with van der Waals surface area (Å²) in [6.07, 6.45) is 3.43. The second-order valence-electron chi connectivity index (χ2n) is 7.57. The summed E-state index contributed by atoms with van der Waals surface area (Å²) in [6.45, 7) is 4.28. The fraction of sp³-hybridized carbons (Fsp3) is 0.0714. The Morgan fingerprint density at radius 2 is 1.00 bits per heavy atom. The molecule has 6 rings (SSSR count). The van der Waals surface area contributed by atoms with Crippen LogP contribution in [0.4, 0.5) is 0 Å². The van der Waals surface area contributed by atoms with Gasteiger partial charge in [0, 0.05) is 0 Å². The Bertz CT molecular complexity index is 1310. The first-order chi connectivity index (χ1) is 16.1. The fourth-order valence-electron chi connectivity index (χ4n) is 4.12. The van der Waals surface area contributed by atoms with E-state index in [1.165, 1.54) is 43.8 Å². The molecule has 0 spiro atoms. The zero-order valence-corrected chi connectivity index (χ0v) is 21.4. The third-order valence-electron chi connectivity index (χ3n) is 5.71. The quantitative estimate of drug-likeness (QED) is 0.172. The third kappa shape index (κ3) is 5.21. The number of benzene rings is 2. The maximum atomic E-state index is 5.43. The summed E-state index contributed by atoms with van der Waals surface area (Å²) in [5.41, 5.74) is 4.98. The van der Waals surface area contributed by atoms with Gasteiger partial charge in [-0.1, -0.05) is 73.5 Å². The molecule has 0 saturated heterocycles. The van der Waals surface area contributed by atoms with E-state index in [9.17, 15) is 0 Å². The van der Waals surface area contributed by atoms with E-state index >= 15 is 0 Å². The summed E-state index contributed by atoms with van der Waals surface area (Å²) in [5, 5.41) is 5.18. The van der Waals surface area contributed by atoms with Crippen molar-refractivity contribution in [3.63, 3.8) is 0 Å². The number of aryl methyl sites for hydroxylation is 2. The van der Waals surface area contributed by atoms with Gasteiger partial charge in [0.15, 0.2) is 0 Å². The van der Waals surface area contributed by atoms with Gasteiger partial charge in [-0.3, -0.25) is 0 Å². The molecule has 0 unspecified atom stereocenters. The van der Waals surface area contributed by atoms with Crippen molar-refractivity contribution in [3.05, 3.63) is 109 Å². The van der Waals surface area contributed by atoms with Crippen molar-refractivity contribution < 1.29 is 25.9 Å².